The van der Waals surface area contributed by atoms with Crippen LogP contribution in [0.1, 0.15) is 51.7 Å². The van der Waals surface area contributed by atoms with Gasteiger partial charge in [-0.05, 0) is 56.7 Å². The van der Waals surface area contributed by atoms with Crippen molar-refractivity contribution in [3.8, 4) is 0 Å². The molecule has 0 saturated carbocycles. The van der Waals surface area contributed by atoms with Crippen LogP contribution < -0.4 is 5.32 Å². The number of ether oxygens (including phenoxy) is 2. The Morgan fingerprint density at radius 1 is 1.15 bits per heavy atom. The van der Waals surface area contributed by atoms with Crippen molar-refractivity contribution in [2.45, 2.75) is 61.9 Å². The second-order valence-corrected chi connectivity index (χ2v) is 11.4. The van der Waals surface area contributed by atoms with Crippen LogP contribution in [0.25, 0.3) is 0 Å². The maximum atomic E-state index is 13.8. The number of nitrogens with one attached hydrogen (secondary N) is 1. The van der Waals surface area contributed by atoms with Crippen molar-refractivity contribution in [2.75, 3.05) is 19.5 Å². The molecule has 0 aliphatic carbocycles. The van der Waals surface area contributed by atoms with Gasteiger partial charge >= 0.3 is 6.16 Å². The number of halogens is 3. The topological polar surface area (TPSA) is 98.8 Å². The minimum absolute atomic E-state index is 0.0297. The molecular weight excluding hydrogens is 508 g/mol. The van der Waals surface area contributed by atoms with E-state index in [-0.39, 0.29) is 17.1 Å². The van der Waals surface area contributed by atoms with Gasteiger partial charge in [-0.2, -0.15) is 0 Å². The lowest BCUT2D eigenvalue weighted by molar-refractivity contribution is -0.121. The Labute approximate surface area is 210 Å². The predicted octanol–water partition coefficient (Wildman–Crippen LogP) is 5.32. The maximum Gasteiger partial charge on any atom is 0.508 e. The molecule has 1 aromatic rings. The standard InChI is InChI=1S/C23H32Cl2FNO6S/c1-15(2)6-5-7-16(3)12-13-32-23(29)33-20(19(14-26)27-22(28)21(24)25)17-8-10-18(11-9-17)34(4,30)31/h6,8-11,16,19-21H,5,7,12-14H2,1-4H3,(H,27,28)/t16?,19-,20-/m1/s1. The fourth-order valence-corrected chi connectivity index (χ4v) is 3.77. The Bertz CT molecular complexity index is 933. The molecule has 0 heterocycles. The van der Waals surface area contributed by atoms with E-state index in [4.69, 9.17) is 32.7 Å². The number of hydrogen-bond acceptors (Lipinski definition) is 6. The molecule has 0 radical (unpaired) electrons. The molecule has 0 aromatic heterocycles. The number of alkyl halides is 3. The van der Waals surface area contributed by atoms with Crippen molar-refractivity contribution in [1.82, 2.24) is 5.32 Å². The summed E-state index contributed by atoms with van der Waals surface area (Å²) in [5.74, 6) is -0.559. The fraction of sp³-hybridized carbons (Fsp3) is 0.565. The summed E-state index contributed by atoms with van der Waals surface area (Å²) in [5.41, 5.74) is 1.50. The first-order chi connectivity index (χ1) is 15.8. The molecule has 1 amide bonds. The van der Waals surface area contributed by atoms with Crippen molar-refractivity contribution >= 4 is 45.1 Å². The van der Waals surface area contributed by atoms with E-state index in [1.165, 1.54) is 29.8 Å². The van der Waals surface area contributed by atoms with Crippen LogP contribution in [0, 0.1) is 5.92 Å². The summed E-state index contributed by atoms with van der Waals surface area (Å²) < 4.78 is 47.8. The molecule has 11 heteroatoms. The lowest BCUT2D eigenvalue weighted by Crippen LogP contribution is -2.44. The minimum Gasteiger partial charge on any atom is -0.434 e. The summed E-state index contributed by atoms with van der Waals surface area (Å²) in [6, 6.07) is 4.00. The normalized spacial score (nSPS) is 14.1. The highest BCUT2D eigenvalue weighted by Crippen LogP contribution is 2.25. The van der Waals surface area contributed by atoms with Crippen LogP contribution in [0.3, 0.4) is 0 Å². The van der Waals surface area contributed by atoms with Crippen LogP contribution in [0.4, 0.5) is 9.18 Å². The maximum absolute atomic E-state index is 13.8. The second kappa shape index (κ2) is 14.5. The van der Waals surface area contributed by atoms with Crippen LogP contribution in [0.5, 0.6) is 0 Å². The van der Waals surface area contributed by atoms with Gasteiger partial charge in [0.2, 0.25) is 0 Å². The van der Waals surface area contributed by atoms with E-state index in [0.717, 1.165) is 19.1 Å². The predicted molar refractivity (Wildman–Crippen MR) is 131 cm³/mol. The first-order valence-electron chi connectivity index (χ1n) is 10.8. The van der Waals surface area contributed by atoms with Crippen LogP contribution >= 0.6 is 23.2 Å². The largest absolute Gasteiger partial charge is 0.508 e. The summed E-state index contributed by atoms with van der Waals surface area (Å²) in [6.45, 7) is 5.10. The van der Waals surface area contributed by atoms with E-state index < -0.39 is 45.6 Å². The molecule has 3 atom stereocenters. The van der Waals surface area contributed by atoms with Gasteiger partial charge < -0.3 is 14.8 Å². The van der Waals surface area contributed by atoms with Gasteiger partial charge in [-0.15, -0.1) is 0 Å². The Kier molecular flexibility index (Phi) is 12.9. The lowest BCUT2D eigenvalue weighted by atomic mass is 10.0. The number of allylic oxidation sites excluding steroid dienone is 2. The average molecular weight is 540 g/mol. The molecule has 0 aliphatic rings. The quantitative estimate of drug-likeness (QED) is 0.207. The van der Waals surface area contributed by atoms with E-state index in [1.807, 2.05) is 20.8 Å². The SMILES string of the molecule is CC(C)=CCCC(C)CCOC(=O)O[C@H](c1ccc(S(C)(=O)=O)cc1)[C@@H](CF)NC(=O)C(Cl)Cl. The number of rotatable bonds is 13. The van der Waals surface area contributed by atoms with Crippen molar-refractivity contribution in [3.05, 3.63) is 41.5 Å². The Balaban J connectivity index is 2.91. The smallest absolute Gasteiger partial charge is 0.434 e. The first kappa shape index (κ1) is 30.2. The van der Waals surface area contributed by atoms with Crippen LogP contribution in [0.15, 0.2) is 40.8 Å². The van der Waals surface area contributed by atoms with Crippen molar-refractivity contribution in [3.63, 3.8) is 0 Å². The molecule has 1 aromatic carbocycles. The third-order valence-electron chi connectivity index (χ3n) is 4.96. The number of benzene rings is 1. The van der Waals surface area contributed by atoms with E-state index in [0.29, 0.717) is 12.3 Å². The summed E-state index contributed by atoms with van der Waals surface area (Å²) in [4.78, 5) is 22.8. The summed E-state index contributed by atoms with van der Waals surface area (Å²) in [5, 5.41) is 2.29. The molecule has 0 fully saturated rings. The zero-order valence-electron chi connectivity index (χ0n) is 19.7. The summed E-state index contributed by atoms with van der Waals surface area (Å²) in [7, 11) is -3.47. The molecule has 0 bridgehead atoms. The van der Waals surface area contributed by atoms with Crippen LogP contribution in [-0.2, 0) is 24.1 Å². The summed E-state index contributed by atoms with van der Waals surface area (Å²) in [6.07, 6.45) is 3.31. The van der Waals surface area contributed by atoms with Gasteiger partial charge in [-0.3, -0.25) is 4.79 Å². The monoisotopic (exact) mass is 539 g/mol. The first-order valence-corrected chi connectivity index (χ1v) is 13.5. The van der Waals surface area contributed by atoms with E-state index >= 15 is 0 Å². The highest BCUT2D eigenvalue weighted by Gasteiger charge is 2.31. The third-order valence-corrected chi connectivity index (χ3v) is 6.48. The van der Waals surface area contributed by atoms with Crippen molar-refractivity contribution in [1.29, 1.82) is 0 Å². The van der Waals surface area contributed by atoms with E-state index in [2.05, 4.69) is 11.4 Å². The minimum atomic E-state index is -3.47. The summed E-state index contributed by atoms with van der Waals surface area (Å²) >= 11 is 11.1. The molecule has 7 nitrogen and oxygen atoms in total. The van der Waals surface area contributed by atoms with Crippen LogP contribution in [-0.4, -0.2) is 50.9 Å². The molecule has 1 unspecified atom stereocenters. The number of carbonyl (C=O) groups excluding carboxylic acids is 2. The van der Waals surface area contributed by atoms with Gasteiger partial charge in [0.1, 0.15) is 6.67 Å². The van der Waals surface area contributed by atoms with Gasteiger partial charge in [0.15, 0.2) is 20.8 Å². The zero-order chi connectivity index (χ0) is 25.9. The van der Waals surface area contributed by atoms with Crippen molar-refractivity contribution < 1.29 is 31.9 Å². The molecule has 0 spiro atoms. The number of amides is 1. The third kappa shape index (κ3) is 11.1. The Morgan fingerprint density at radius 3 is 2.26 bits per heavy atom. The van der Waals surface area contributed by atoms with Gasteiger partial charge in [-0.1, -0.05) is 53.9 Å². The van der Waals surface area contributed by atoms with Gasteiger partial charge in [0.25, 0.3) is 5.91 Å². The van der Waals surface area contributed by atoms with Gasteiger partial charge in [0, 0.05) is 6.26 Å². The van der Waals surface area contributed by atoms with Gasteiger partial charge in [0.05, 0.1) is 17.5 Å². The highest BCUT2D eigenvalue weighted by atomic mass is 35.5. The molecular formula is C23H32Cl2FNO6S. The number of sulfone groups is 1. The van der Waals surface area contributed by atoms with E-state index in [9.17, 15) is 22.4 Å². The zero-order valence-corrected chi connectivity index (χ0v) is 22.1. The number of carbonyl (C=O) groups is 2. The lowest BCUT2D eigenvalue weighted by Gasteiger charge is -2.26. The molecule has 0 aliphatic heterocycles. The molecule has 192 valence electrons. The molecule has 1 N–H and O–H groups in total. The van der Waals surface area contributed by atoms with E-state index in [1.54, 1.807) is 0 Å². The second-order valence-electron chi connectivity index (χ2n) is 8.30. The molecule has 0 saturated heterocycles. The average Bonchev–Trinajstić information content (AvgIpc) is 2.75. The highest BCUT2D eigenvalue weighted by molar-refractivity contribution is 7.90. The van der Waals surface area contributed by atoms with Crippen molar-refractivity contribution in [2.24, 2.45) is 5.92 Å². The fourth-order valence-electron chi connectivity index (χ4n) is 3.01. The molecule has 34 heavy (non-hydrogen) atoms. The Morgan fingerprint density at radius 2 is 1.76 bits per heavy atom. The number of hydrogen-bond donors (Lipinski definition) is 1. The Hall–Kier alpha value is -1.84. The van der Waals surface area contributed by atoms with Gasteiger partial charge in [-0.25, -0.2) is 17.6 Å². The molecule has 1 rings (SSSR count). The van der Waals surface area contributed by atoms with Crippen LogP contribution in [0.2, 0.25) is 0 Å².